The lowest BCUT2D eigenvalue weighted by atomic mass is 10.1. The average molecular weight is 268 g/mol. The minimum atomic E-state index is -3.84. The summed E-state index contributed by atoms with van der Waals surface area (Å²) < 4.78 is 25.6. The average Bonchev–Trinajstić information content (AvgIpc) is 2.28. The van der Waals surface area contributed by atoms with Crippen LogP contribution in [0.1, 0.15) is 29.3 Å². The Bertz CT molecular complexity index is 546. The summed E-state index contributed by atoms with van der Waals surface area (Å²) in [5.74, 6) is -2.39. The highest BCUT2D eigenvalue weighted by Crippen LogP contribution is 2.05. The molecule has 0 fully saturated rings. The molecule has 0 heterocycles. The molecule has 0 aliphatic carbocycles. The highest BCUT2D eigenvalue weighted by atomic mass is 32.2. The molecule has 0 saturated carbocycles. The van der Waals surface area contributed by atoms with E-state index < -0.39 is 21.7 Å². The van der Waals surface area contributed by atoms with E-state index in [4.69, 9.17) is 0 Å². The first-order valence-electron chi connectivity index (χ1n) is 5.46. The van der Waals surface area contributed by atoms with Crippen LogP contribution < -0.4 is 4.72 Å². The van der Waals surface area contributed by atoms with Gasteiger partial charge < -0.3 is 0 Å². The summed E-state index contributed by atoms with van der Waals surface area (Å²) in [5, 5.41) is 0. The molecule has 0 atom stereocenters. The third kappa shape index (κ3) is 3.96. The first-order valence-corrected chi connectivity index (χ1v) is 7.07. The van der Waals surface area contributed by atoms with Gasteiger partial charge in [0.25, 0.3) is 15.8 Å². The van der Waals surface area contributed by atoms with E-state index >= 15 is 0 Å². The highest BCUT2D eigenvalue weighted by Gasteiger charge is 2.23. The molecule has 0 spiro atoms. The van der Waals surface area contributed by atoms with Crippen molar-refractivity contribution in [1.29, 1.82) is 0 Å². The maximum Gasteiger partial charge on any atom is 0.328 e. The molecule has 0 saturated heterocycles. The summed E-state index contributed by atoms with van der Waals surface area (Å²) in [7, 11) is -3.84. The molecule has 0 unspecified atom stereocenters. The Morgan fingerprint density at radius 1 is 1.17 bits per heavy atom. The third-order valence-corrected chi connectivity index (χ3v) is 3.56. The fourth-order valence-electron chi connectivity index (χ4n) is 1.30. The lowest BCUT2D eigenvalue weighted by Gasteiger charge is -2.02. The van der Waals surface area contributed by atoms with Gasteiger partial charge in [-0.1, -0.05) is 36.8 Å². The molecule has 1 radical (unpaired) electrons. The van der Waals surface area contributed by atoms with Crippen molar-refractivity contribution in [2.45, 2.75) is 20.3 Å². The molecule has 0 N–H and O–H groups in total. The number of amides is 1. The fraction of sp³-hybridized carbons (Fsp3) is 0.333. The molecule has 1 aromatic carbocycles. The van der Waals surface area contributed by atoms with E-state index in [1.165, 1.54) is 12.1 Å². The highest BCUT2D eigenvalue weighted by molar-refractivity contribution is 7.90. The van der Waals surface area contributed by atoms with Crippen LogP contribution in [0.3, 0.4) is 0 Å². The van der Waals surface area contributed by atoms with Crippen LogP contribution in [0.5, 0.6) is 0 Å². The molecule has 1 amide bonds. The topological polar surface area (TPSA) is 82.4 Å². The van der Waals surface area contributed by atoms with Gasteiger partial charge in [0.15, 0.2) is 0 Å². The van der Waals surface area contributed by atoms with E-state index in [1.807, 2.05) is 6.92 Å². The second kappa shape index (κ2) is 5.77. The van der Waals surface area contributed by atoms with Crippen LogP contribution in [-0.2, 0) is 14.8 Å². The number of hydrogen-bond acceptors (Lipinski definition) is 4. The Hall–Kier alpha value is -1.69. The molecular formula is C12H14NO4S. The summed E-state index contributed by atoms with van der Waals surface area (Å²) in [5.41, 5.74) is 1.08. The molecule has 97 valence electrons. The molecule has 0 aliphatic heterocycles. The maximum absolute atomic E-state index is 11.6. The van der Waals surface area contributed by atoms with Crippen molar-refractivity contribution in [3.05, 3.63) is 35.4 Å². The zero-order chi connectivity index (χ0) is 13.8. The predicted octanol–water partition coefficient (Wildman–Crippen LogP) is 1.05. The lowest BCUT2D eigenvalue weighted by Crippen LogP contribution is -2.31. The van der Waals surface area contributed by atoms with Crippen LogP contribution in [0.4, 0.5) is 0 Å². The number of aryl methyl sites for hydroxylation is 1. The zero-order valence-corrected chi connectivity index (χ0v) is 11.0. The van der Waals surface area contributed by atoms with Crippen molar-refractivity contribution >= 4 is 21.7 Å². The van der Waals surface area contributed by atoms with Crippen LogP contribution in [0.15, 0.2) is 24.3 Å². The largest absolute Gasteiger partial charge is 0.328 e. The first-order chi connectivity index (χ1) is 8.35. The number of benzene rings is 1. The number of rotatable bonds is 5. The standard InChI is InChI=1S/C12H14NO4S/c1-3-8-18(16,17)13-12(15)11(14)10-6-4-9(2)5-7-10/h4-7H,3,8H2,1-2H3. The van der Waals surface area contributed by atoms with Gasteiger partial charge in [0.1, 0.15) is 0 Å². The van der Waals surface area contributed by atoms with Gasteiger partial charge in [0.2, 0.25) is 0 Å². The number of sulfonamides is 1. The van der Waals surface area contributed by atoms with E-state index in [2.05, 4.69) is 4.72 Å². The van der Waals surface area contributed by atoms with E-state index in [-0.39, 0.29) is 11.3 Å². The summed E-state index contributed by atoms with van der Waals surface area (Å²) in [6.45, 7) is 3.49. The number of Topliss-reactive ketones (excluding diaryl/α,β-unsaturated/α-hetero) is 1. The fourth-order valence-corrected chi connectivity index (χ4v) is 2.24. The molecule has 0 aromatic heterocycles. The van der Waals surface area contributed by atoms with E-state index in [9.17, 15) is 18.0 Å². The van der Waals surface area contributed by atoms with Crippen molar-refractivity contribution in [2.24, 2.45) is 0 Å². The van der Waals surface area contributed by atoms with Gasteiger partial charge in [-0.3, -0.25) is 9.59 Å². The van der Waals surface area contributed by atoms with Crippen molar-refractivity contribution in [3.8, 4) is 0 Å². The number of nitrogens with zero attached hydrogens (tertiary/aromatic N) is 1. The summed E-state index contributed by atoms with van der Waals surface area (Å²) in [6.07, 6.45) is 0.345. The Balaban J connectivity index is 2.79. The molecule has 1 aromatic rings. The van der Waals surface area contributed by atoms with Gasteiger partial charge in [-0.2, -0.15) is 0 Å². The normalized spacial score (nSPS) is 11.0. The summed E-state index contributed by atoms with van der Waals surface area (Å²) >= 11 is 0. The molecule has 1 rings (SSSR count). The molecule has 6 heteroatoms. The summed E-state index contributed by atoms with van der Waals surface area (Å²) in [6, 6.07) is 6.27. The first kappa shape index (κ1) is 14.4. The van der Waals surface area contributed by atoms with Crippen molar-refractivity contribution in [3.63, 3.8) is 0 Å². The molecule has 0 bridgehead atoms. The van der Waals surface area contributed by atoms with Crippen molar-refractivity contribution in [1.82, 2.24) is 4.72 Å². The number of ketones is 1. The van der Waals surface area contributed by atoms with E-state index in [0.29, 0.717) is 6.42 Å². The molecule has 18 heavy (non-hydrogen) atoms. The quantitative estimate of drug-likeness (QED) is 0.590. The molecule has 0 aliphatic rings. The van der Waals surface area contributed by atoms with Crippen LogP contribution in [-0.4, -0.2) is 25.9 Å². The Labute approximate surface area is 106 Å². The van der Waals surface area contributed by atoms with Gasteiger partial charge in [0, 0.05) is 5.56 Å². The van der Waals surface area contributed by atoms with Gasteiger partial charge >= 0.3 is 5.91 Å². The lowest BCUT2D eigenvalue weighted by molar-refractivity contribution is -0.115. The van der Waals surface area contributed by atoms with Gasteiger partial charge in [-0.15, -0.1) is 4.72 Å². The zero-order valence-electron chi connectivity index (χ0n) is 10.2. The van der Waals surface area contributed by atoms with Gasteiger partial charge in [-0.05, 0) is 13.3 Å². The predicted molar refractivity (Wildman–Crippen MR) is 66.7 cm³/mol. The van der Waals surface area contributed by atoms with Crippen LogP contribution in [0, 0.1) is 6.92 Å². The van der Waals surface area contributed by atoms with E-state index in [0.717, 1.165) is 5.56 Å². The van der Waals surface area contributed by atoms with Gasteiger partial charge in [-0.25, -0.2) is 8.42 Å². The Kier molecular flexibility index (Phi) is 4.61. The van der Waals surface area contributed by atoms with Crippen LogP contribution in [0.25, 0.3) is 0 Å². The Morgan fingerprint density at radius 3 is 2.22 bits per heavy atom. The van der Waals surface area contributed by atoms with Crippen molar-refractivity contribution < 1.29 is 18.0 Å². The summed E-state index contributed by atoms with van der Waals surface area (Å²) in [4.78, 5) is 23.1. The Morgan fingerprint density at radius 2 is 1.72 bits per heavy atom. The number of hydrogen-bond donors (Lipinski definition) is 0. The second-order valence-electron chi connectivity index (χ2n) is 3.88. The SMILES string of the molecule is CCCS(=O)(=O)[N]C(=O)C(=O)c1ccc(C)cc1. The number of carbonyl (C=O) groups is 2. The smallest absolute Gasteiger partial charge is 0.283 e. The van der Waals surface area contributed by atoms with Crippen LogP contribution >= 0.6 is 0 Å². The molecular weight excluding hydrogens is 254 g/mol. The minimum Gasteiger partial charge on any atom is -0.283 e. The minimum absolute atomic E-state index is 0.140. The van der Waals surface area contributed by atoms with E-state index in [1.54, 1.807) is 19.1 Å². The van der Waals surface area contributed by atoms with Gasteiger partial charge in [0.05, 0.1) is 5.75 Å². The number of carbonyl (C=O) groups excluding carboxylic acids is 2. The monoisotopic (exact) mass is 268 g/mol. The second-order valence-corrected chi connectivity index (χ2v) is 5.63. The maximum atomic E-state index is 11.6. The van der Waals surface area contributed by atoms with Crippen LogP contribution in [0.2, 0.25) is 0 Å². The van der Waals surface area contributed by atoms with Crippen molar-refractivity contribution in [2.75, 3.05) is 5.75 Å². The molecule has 5 nitrogen and oxygen atoms in total. The third-order valence-electron chi connectivity index (χ3n) is 2.19.